The maximum absolute atomic E-state index is 15.1. The lowest BCUT2D eigenvalue weighted by Gasteiger charge is -2.17. The average molecular weight is 389 g/mol. The van der Waals surface area contributed by atoms with E-state index >= 15 is 4.39 Å². The molecule has 0 bridgehead atoms. The van der Waals surface area contributed by atoms with Crippen LogP contribution in [0.2, 0.25) is 0 Å². The summed E-state index contributed by atoms with van der Waals surface area (Å²) < 4.78 is 16.4. The van der Waals surface area contributed by atoms with E-state index < -0.39 is 0 Å². The Bertz CT molecular complexity index is 1120. The number of benzene rings is 2. The van der Waals surface area contributed by atoms with Gasteiger partial charge in [-0.15, -0.1) is 11.3 Å². The fourth-order valence-electron chi connectivity index (χ4n) is 3.94. The molecular weight excluding hydrogens is 369 g/mol. The molecule has 4 aromatic rings. The molecule has 5 heteroatoms. The van der Waals surface area contributed by atoms with Crippen molar-refractivity contribution in [2.24, 2.45) is 0 Å². The van der Waals surface area contributed by atoms with Gasteiger partial charge in [-0.2, -0.15) is 10.2 Å². The topological polar surface area (TPSA) is 37.8 Å². The number of hydrogen-bond donors (Lipinski definition) is 1. The summed E-state index contributed by atoms with van der Waals surface area (Å²) in [5.41, 5.74) is 4.14. The maximum Gasteiger partial charge on any atom is 0.132 e. The second-order valence-electron chi connectivity index (χ2n) is 7.30. The van der Waals surface area contributed by atoms with Gasteiger partial charge in [0.15, 0.2) is 0 Å². The molecule has 3 nitrogen and oxygen atoms in total. The van der Waals surface area contributed by atoms with Gasteiger partial charge in [0.2, 0.25) is 0 Å². The normalized spacial score (nSPS) is 16.7. The lowest BCUT2D eigenvalue weighted by molar-refractivity contribution is 0.623. The highest BCUT2D eigenvalue weighted by Crippen LogP contribution is 2.40. The van der Waals surface area contributed by atoms with Crippen molar-refractivity contribution in [1.29, 1.82) is 0 Å². The molecule has 2 aromatic heterocycles. The number of nitrogens with zero attached hydrogens (tertiary/aromatic N) is 2. The highest BCUT2D eigenvalue weighted by atomic mass is 32.1. The number of hydrogen-bond acceptors (Lipinski definition) is 4. The zero-order valence-electron chi connectivity index (χ0n) is 15.6. The van der Waals surface area contributed by atoms with E-state index in [0.29, 0.717) is 11.3 Å². The summed E-state index contributed by atoms with van der Waals surface area (Å²) in [7, 11) is 0. The van der Waals surface area contributed by atoms with E-state index in [1.54, 1.807) is 6.07 Å². The van der Waals surface area contributed by atoms with Crippen molar-refractivity contribution in [1.82, 2.24) is 15.5 Å². The molecule has 1 aliphatic heterocycles. The van der Waals surface area contributed by atoms with Gasteiger partial charge in [-0.3, -0.25) is 0 Å². The number of fused-ring (bicyclic) bond motifs is 2. The van der Waals surface area contributed by atoms with Crippen molar-refractivity contribution < 1.29 is 4.39 Å². The first-order valence-electron chi connectivity index (χ1n) is 9.51. The Labute approximate surface area is 167 Å². The SMILES string of the molecule is Cc1ccc(-c2cc3c(cc2F)C(c2cc4ccccc4s2)CCNC3)nn1. The minimum Gasteiger partial charge on any atom is -0.313 e. The standard InChI is InChI=1S/C23H20FN3S/c1-14-6-7-21(27-26-14)19-10-16-13-25-9-8-17(18(16)12-20(19)24)23-11-15-4-2-3-5-22(15)28-23/h2-7,10-12,17,25H,8-9,13H2,1H3. The van der Waals surface area contributed by atoms with E-state index in [9.17, 15) is 0 Å². The molecule has 2 aromatic carbocycles. The molecule has 0 saturated heterocycles. The third kappa shape index (κ3) is 3.11. The van der Waals surface area contributed by atoms with Gasteiger partial charge in [-0.05, 0) is 72.8 Å². The van der Waals surface area contributed by atoms with Crippen LogP contribution >= 0.6 is 11.3 Å². The first-order valence-corrected chi connectivity index (χ1v) is 10.3. The summed E-state index contributed by atoms with van der Waals surface area (Å²) >= 11 is 1.81. The van der Waals surface area contributed by atoms with Gasteiger partial charge in [0.05, 0.1) is 11.4 Å². The van der Waals surface area contributed by atoms with E-state index in [1.165, 1.54) is 15.0 Å². The molecular formula is C23H20FN3S. The third-order valence-electron chi connectivity index (χ3n) is 5.39. The van der Waals surface area contributed by atoms with E-state index in [-0.39, 0.29) is 11.7 Å². The predicted octanol–water partition coefficient (Wildman–Crippen LogP) is 5.43. The van der Waals surface area contributed by atoms with Crippen molar-refractivity contribution in [2.45, 2.75) is 25.8 Å². The smallest absolute Gasteiger partial charge is 0.132 e. The van der Waals surface area contributed by atoms with Gasteiger partial charge in [0.1, 0.15) is 5.82 Å². The van der Waals surface area contributed by atoms with Gasteiger partial charge in [0.25, 0.3) is 0 Å². The number of rotatable bonds is 2. The fourth-order valence-corrected chi connectivity index (χ4v) is 5.16. The largest absolute Gasteiger partial charge is 0.313 e. The quantitative estimate of drug-likeness (QED) is 0.497. The molecule has 0 saturated carbocycles. The molecule has 1 aliphatic rings. The molecule has 1 N–H and O–H groups in total. The average Bonchev–Trinajstić information content (AvgIpc) is 3.03. The van der Waals surface area contributed by atoms with E-state index in [4.69, 9.17) is 0 Å². The van der Waals surface area contributed by atoms with Gasteiger partial charge in [0, 0.05) is 27.6 Å². The Morgan fingerprint density at radius 1 is 1.07 bits per heavy atom. The van der Waals surface area contributed by atoms with Crippen LogP contribution in [0.4, 0.5) is 4.39 Å². The Kier molecular flexibility index (Phi) is 4.41. The van der Waals surface area contributed by atoms with Gasteiger partial charge in [-0.1, -0.05) is 18.2 Å². The highest BCUT2D eigenvalue weighted by Gasteiger charge is 2.24. The van der Waals surface area contributed by atoms with Crippen LogP contribution in [0.3, 0.4) is 0 Å². The highest BCUT2D eigenvalue weighted by molar-refractivity contribution is 7.19. The molecule has 140 valence electrons. The van der Waals surface area contributed by atoms with Gasteiger partial charge < -0.3 is 5.32 Å². The summed E-state index contributed by atoms with van der Waals surface area (Å²) in [6.07, 6.45) is 0.961. The first-order chi connectivity index (χ1) is 13.7. The molecule has 28 heavy (non-hydrogen) atoms. The van der Waals surface area contributed by atoms with Gasteiger partial charge in [-0.25, -0.2) is 4.39 Å². The van der Waals surface area contributed by atoms with Crippen LogP contribution in [-0.4, -0.2) is 16.7 Å². The first kappa shape index (κ1) is 17.5. The minimum absolute atomic E-state index is 0.204. The summed E-state index contributed by atoms with van der Waals surface area (Å²) in [5.74, 6) is -0.0278. The van der Waals surface area contributed by atoms with Crippen molar-refractivity contribution in [3.8, 4) is 11.3 Å². The number of aryl methyl sites for hydroxylation is 1. The molecule has 1 unspecified atom stereocenters. The van der Waals surface area contributed by atoms with Crippen molar-refractivity contribution in [2.75, 3.05) is 6.54 Å². The molecule has 0 radical (unpaired) electrons. The number of aromatic nitrogens is 2. The van der Waals surface area contributed by atoms with Crippen LogP contribution < -0.4 is 5.32 Å². The van der Waals surface area contributed by atoms with E-state index in [1.807, 2.05) is 36.5 Å². The second-order valence-corrected chi connectivity index (χ2v) is 8.41. The molecule has 3 heterocycles. The van der Waals surface area contributed by atoms with E-state index in [0.717, 1.165) is 36.3 Å². The molecule has 0 amide bonds. The summed E-state index contributed by atoms with van der Waals surface area (Å²) in [6, 6.07) is 18.1. The molecule has 0 spiro atoms. The predicted molar refractivity (Wildman–Crippen MR) is 112 cm³/mol. The Balaban J connectivity index is 1.62. The van der Waals surface area contributed by atoms with Crippen LogP contribution in [0.15, 0.2) is 54.6 Å². The van der Waals surface area contributed by atoms with Crippen molar-refractivity contribution in [3.63, 3.8) is 0 Å². The van der Waals surface area contributed by atoms with Crippen molar-refractivity contribution in [3.05, 3.63) is 82.1 Å². The lowest BCUT2D eigenvalue weighted by atomic mass is 9.89. The van der Waals surface area contributed by atoms with Crippen LogP contribution in [0.25, 0.3) is 21.3 Å². The fraction of sp³-hybridized carbons (Fsp3) is 0.217. The number of halogens is 1. The molecule has 5 rings (SSSR count). The molecule has 0 aliphatic carbocycles. The zero-order chi connectivity index (χ0) is 19.1. The maximum atomic E-state index is 15.1. The number of thiophene rings is 1. The van der Waals surface area contributed by atoms with Crippen molar-refractivity contribution >= 4 is 21.4 Å². The Hall–Kier alpha value is -2.63. The second kappa shape index (κ2) is 7.08. The zero-order valence-corrected chi connectivity index (χ0v) is 16.4. The number of nitrogens with one attached hydrogen (secondary N) is 1. The van der Waals surface area contributed by atoms with Crippen LogP contribution in [0, 0.1) is 12.7 Å². The van der Waals surface area contributed by atoms with Gasteiger partial charge >= 0.3 is 0 Å². The molecule has 0 fully saturated rings. The summed E-state index contributed by atoms with van der Waals surface area (Å²) in [4.78, 5) is 1.30. The third-order valence-corrected chi connectivity index (χ3v) is 6.62. The van der Waals surface area contributed by atoms with Crippen LogP contribution in [0.1, 0.15) is 34.0 Å². The van der Waals surface area contributed by atoms with Crippen LogP contribution in [-0.2, 0) is 6.54 Å². The Morgan fingerprint density at radius 2 is 1.96 bits per heavy atom. The van der Waals surface area contributed by atoms with E-state index in [2.05, 4.69) is 45.8 Å². The Morgan fingerprint density at radius 3 is 2.79 bits per heavy atom. The monoisotopic (exact) mass is 389 g/mol. The minimum atomic E-state index is -0.232. The lowest BCUT2D eigenvalue weighted by Crippen LogP contribution is -2.12. The summed E-state index contributed by atoms with van der Waals surface area (Å²) in [6.45, 7) is 3.53. The molecule has 1 atom stereocenters. The summed E-state index contributed by atoms with van der Waals surface area (Å²) in [5, 5.41) is 13.0. The van der Waals surface area contributed by atoms with Crippen LogP contribution in [0.5, 0.6) is 0 Å².